The number of hydrogen-bond acceptors (Lipinski definition) is 5. The van der Waals surface area contributed by atoms with Gasteiger partial charge in [0.25, 0.3) is 11.6 Å². The highest BCUT2D eigenvalue weighted by Crippen LogP contribution is 2.31. The highest BCUT2D eigenvalue weighted by atomic mass is 32.2. The summed E-state index contributed by atoms with van der Waals surface area (Å²) in [5.41, 5.74) is 0.118. The Morgan fingerprint density at radius 1 is 1.38 bits per heavy atom. The summed E-state index contributed by atoms with van der Waals surface area (Å²) in [5.74, 6) is -0.0727. The number of nitro groups is 1. The number of carbonyl (C=O) groups is 2. The van der Waals surface area contributed by atoms with Crippen molar-refractivity contribution in [2.75, 3.05) is 12.3 Å². The van der Waals surface area contributed by atoms with Gasteiger partial charge in [0, 0.05) is 24.6 Å². The lowest BCUT2D eigenvalue weighted by atomic mass is 10.2. The third-order valence-electron chi connectivity index (χ3n) is 3.22. The number of aliphatic carboxylic acids is 1. The van der Waals surface area contributed by atoms with E-state index in [4.69, 9.17) is 5.11 Å². The van der Waals surface area contributed by atoms with Crippen molar-refractivity contribution >= 4 is 29.3 Å². The number of rotatable bonds is 10. The summed E-state index contributed by atoms with van der Waals surface area (Å²) in [7, 11) is 0. The number of nitro benzene ring substituents is 1. The summed E-state index contributed by atoms with van der Waals surface area (Å²) >= 11 is 1.41. The van der Waals surface area contributed by atoms with E-state index in [1.165, 1.54) is 17.8 Å². The van der Waals surface area contributed by atoms with Gasteiger partial charge in [-0.05, 0) is 36.6 Å². The standard InChI is InChI=1S/C16H22N2O5S/c1-11(2)7-9-24-14-6-5-12(10-13(14)18(22)23)16(21)17-8-3-4-15(19)20/h5-6,10-11H,3-4,7-9H2,1-2H3,(H,17,21)(H,19,20). The SMILES string of the molecule is CC(C)CCSc1ccc(C(=O)NCCCC(=O)O)cc1[N+](=O)[O-]. The van der Waals surface area contributed by atoms with Gasteiger partial charge in [0.2, 0.25) is 0 Å². The minimum absolute atomic E-state index is 0.0359. The molecule has 24 heavy (non-hydrogen) atoms. The van der Waals surface area contributed by atoms with Crippen LogP contribution < -0.4 is 5.32 Å². The average molecular weight is 354 g/mol. The van der Waals surface area contributed by atoms with Crippen molar-refractivity contribution in [2.45, 2.75) is 38.0 Å². The van der Waals surface area contributed by atoms with E-state index < -0.39 is 16.8 Å². The molecule has 0 aromatic heterocycles. The van der Waals surface area contributed by atoms with E-state index >= 15 is 0 Å². The first-order valence-electron chi connectivity index (χ1n) is 7.72. The summed E-state index contributed by atoms with van der Waals surface area (Å²) < 4.78 is 0. The number of nitrogens with zero attached hydrogens (tertiary/aromatic N) is 1. The molecular weight excluding hydrogens is 332 g/mol. The average Bonchev–Trinajstić information content (AvgIpc) is 2.50. The van der Waals surface area contributed by atoms with Crippen molar-refractivity contribution in [1.82, 2.24) is 5.32 Å². The molecule has 1 amide bonds. The van der Waals surface area contributed by atoms with E-state index in [0.717, 1.165) is 12.2 Å². The van der Waals surface area contributed by atoms with Crippen LogP contribution in [0.3, 0.4) is 0 Å². The lowest BCUT2D eigenvalue weighted by Gasteiger charge is -2.08. The fraction of sp³-hybridized carbons (Fsp3) is 0.500. The number of carboxylic acid groups (broad SMARTS) is 1. The molecule has 0 aliphatic heterocycles. The van der Waals surface area contributed by atoms with Gasteiger partial charge in [0.15, 0.2) is 0 Å². The lowest BCUT2D eigenvalue weighted by Crippen LogP contribution is -2.25. The molecule has 8 heteroatoms. The Balaban J connectivity index is 2.72. The van der Waals surface area contributed by atoms with E-state index in [1.807, 2.05) is 0 Å². The van der Waals surface area contributed by atoms with Gasteiger partial charge in [-0.2, -0.15) is 0 Å². The largest absolute Gasteiger partial charge is 0.481 e. The normalized spacial score (nSPS) is 10.6. The fourth-order valence-electron chi connectivity index (χ4n) is 1.87. The Morgan fingerprint density at radius 3 is 2.67 bits per heavy atom. The van der Waals surface area contributed by atoms with Gasteiger partial charge in [0.05, 0.1) is 9.82 Å². The molecule has 1 rings (SSSR count). The van der Waals surface area contributed by atoms with Crippen molar-refractivity contribution in [3.63, 3.8) is 0 Å². The maximum absolute atomic E-state index is 12.0. The van der Waals surface area contributed by atoms with Crippen molar-refractivity contribution in [3.05, 3.63) is 33.9 Å². The molecule has 0 bridgehead atoms. The van der Waals surface area contributed by atoms with Crippen LogP contribution in [0.15, 0.2) is 23.1 Å². The van der Waals surface area contributed by atoms with Crippen molar-refractivity contribution in [2.24, 2.45) is 5.92 Å². The quantitative estimate of drug-likeness (QED) is 0.289. The summed E-state index contributed by atoms with van der Waals surface area (Å²) in [6.45, 7) is 4.39. The minimum Gasteiger partial charge on any atom is -0.481 e. The number of carboxylic acids is 1. The fourth-order valence-corrected chi connectivity index (χ4v) is 3.13. The van der Waals surface area contributed by atoms with Crippen LogP contribution in [0.5, 0.6) is 0 Å². The number of benzene rings is 1. The molecule has 1 aromatic rings. The molecule has 0 radical (unpaired) electrons. The van der Waals surface area contributed by atoms with Gasteiger partial charge in [-0.3, -0.25) is 19.7 Å². The Labute approximate surface area is 145 Å². The van der Waals surface area contributed by atoms with E-state index in [2.05, 4.69) is 19.2 Å². The first-order chi connectivity index (χ1) is 11.3. The summed E-state index contributed by atoms with van der Waals surface area (Å²) in [4.78, 5) is 33.7. The highest BCUT2D eigenvalue weighted by Gasteiger charge is 2.18. The molecule has 0 atom stereocenters. The monoisotopic (exact) mass is 354 g/mol. The molecule has 0 heterocycles. The van der Waals surface area contributed by atoms with Crippen LogP contribution in [-0.4, -0.2) is 34.2 Å². The number of carbonyl (C=O) groups excluding carboxylic acids is 1. The topological polar surface area (TPSA) is 110 Å². The first kappa shape index (κ1) is 20.0. The summed E-state index contributed by atoms with van der Waals surface area (Å²) in [6.07, 6.45) is 1.23. The van der Waals surface area contributed by atoms with E-state index in [9.17, 15) is 19.7 Å². The Bertz CT molecular complexity index is 604. The van der Waals surface area contributed by atoms with Crippen LogP contribution in [0.4, 0.5) is 5.69 Å². The molecular formula is C16H22N2O5S. The van der Waals surface area contributed by atoms with Gasteiger partial charge >= 0.3 is 5.97 Å². The summed E-state index contributed by atoms with van der Waals surface area (Å²) in [6, 6.07) is 4.41. The number of amides is 1. The van der Waals surface area contributed by atoms with E-state index in [-0.39, 0.29) is 24.2 Å². The zero-order valence-electron chi connectivity index (χ0n) is 13.8. The minimum atomic E-state index is -0.928. The zero-order valence-corrected chi connectivity index (χ0v) is 14.6. The highest BCUT2D eigenvalue weighted by molar-refractivity contribution is 7.99. The Kier molecular flexibility index (Phi) is 8.25. The van der Waals surface area contributed by atoms with Gasteiger partial charge in [-0.25, -0.2) is 0 Å². The predicted octanol–water partition coefficient (Wildman–Crippen LogP) is 3.33. The second-order valence-corrected chi connectivity index (χ2v) is 6.86. The molecule has 0 saturated heterocycles. The molecule has 0 spiro atoms. The third-order valence-corrected chi connectivity index (χ3v) is 4.32. The molecule has 132 valence electrons. The number of thioether (sulfide) groups is 1. The van der Waals surface area contributed by atoms with Crippen LogP contribution in [0.2, 0.25) is 0 Å². The van der Waals surface area contributed by atoms with Crippen LogP contribution >= 0.6 is 11.8 Å². The molecule has 7 nitrogen and oxygen atoms in total. The Hall–Kier alpha value is -2.09. The second kappa shape index (κ2) is 9.92. The summed E-state index contributed by atoms with van der Waals surface area (Å²) in [5, 5.41) is 22.3. The van der Waals surface area contributed by atoms with Gasteiger partial charge < -0.3 is 10.4 Å². The second-order valence-electron chi connectivity index (χ2n) is 5.72. The van der Waals surface area contributed by atoms with Crippen molar-refractivity contribution in [3.8, 4) is 0 Å². The maximum atomic E-state index is 12.0. The van der Waals surface area contributed by atoms with E-state index in [0.29, 0.717) is 17.2 Å². The van der Waals surface area contributed by atoms with Crippen molar-refractivity contribution < 1.29 is 19.6 Å². The third kappa shape index (κ3) is 6.99. The predicted molar refractivity (Wildman–Crippen MR) is 92.5 cm³/mol. The maximum Gasteiger partial charge on any atom is 0.303 e. The molecule has 0 saturated carbocycles. The number of nitrogens with one attached hydrogen (secondary N) is 1. The molecule has 2 N–H and O–H groups in total. The van der Waals surface area contributed by atoms with Crippen LogP contribution in [0.1, 0.15) is 43.5 Å². The molecule has 0 aliphatic rings. The van der Waals surface area contributed by atoms with Gasteiger partial charge in [-0.1, -0.05) is 13.8 Å². The molecule has 0 aliphatic carbocycles. The molecule has 1 aromatic carbocycles. The van der Waals surface area contributed by atoms with Gasteiger partial charge in [-0.15, -0.1) is 11.8 Å². The number of hydrogen-bond donors (Lipinski definition) is 2. The van der Waals surface area contributed by atoms with Gasteiger partial charge in [0.1, 0.15) is 0 Å². The van der Waals surface area contributed by atoms with Crippen molar-refractivity contribution in [1.29, 1.82) is 0 Å². The molecule has 0 fully saturated rings. The van der Waals surface area contributed by atoms with E-state index in [1.54, 1.807) is 12.1 Å². The smallest absolute Gasteiger partial charge is 0.303 e. The zero-order chi connectivity index (χ0) is 18.1. The Morgan fingerprint density at radius 2 is 2.08 bits per heavy atom. The van der Waals surface area contributed by atoms with Crippen LogP contribution in [-0.2, 0) is 4.79 Å². The first-order valence-corrected chi connectivity index (χ1v) is 8.71. The van der Waals surface area contributed by atoms with Crippen LogP contribution in [0.25, 0.3) is 0 Å². The lowest BCUT2D eigenvalue weighted by molar-refractivity contribution is -0.387. The molecule has 0 unspecified atom stereocenters. The van der Waals surface area contributed by atoms with Crippen LogP contribution in [0, 0.1) is 16.0 Å².